The van der Waals surface area contributed by atoms with Crippen molar-refractivity contribution in [2.45, 2.75) is 19.8 Å². The van der Waals surface area contributed by atoms with Gasteiger partial charge >= 0.3 is 6.03 Å². The Morgan fingerprint density at radius 2 is 2.00 bits per heavy atom. The Kier molecular flexibility index (Phi) is 6.08. The van der Waals surface area contributed by atoms with E-state index in [1.165, 1.54) is 0 Å². The Labute approximate surface area is 159 Å². The summed E-state index contributed by atoms with van der Waals surface area (Å²) in [7, 11) is 1.64. The van der Waals surface area contributed by atoms with Crippen molar-refractivity contribution in [1.82, 2.24) is 5.32 Å². The molecule has 1 heterocycles. The van der Waals surface area contributed by atoms with Crippen LogP contribution in [0.3, 0.4) is 0 Å². The van der Waals surface area contributed by atoms with E-state index in [0.717, 1.165) is 28.9 Å². The zero-order chi connectivity index (χ0) is 19.2. The van der Waals surface area contributed by atoms with Crippen LogP contribution in [0, 0.1) is 6.92 Å². The van der Waals surface area contributed by atoms with Crippen LogP contribution < -0.4 is 15.5 Å². The monoisotopic (exact) mass is 367 g/mol. The first-order valence-electron chi connectivity index (χ1n) is 9.14. The quantitative estimate of drug-likeness (QED) is 0.769. The Hall–Kier alpha value is -2.86. The lowest BCUT2D eigenvalue weighted by Crippen LogP contribution is -2.33. The number of urea groups is 1. The second-order valence-electron chi connectivity index (χ2n) is 6.61. The van der Waals surface area contributed by atoms with Gasteiger partial charge in [0, 0.05) is 43.7 Å². The summed E-state index contributed by atoms with van der Waals surface area (Å²) in [5.74, 6) is -0.108. The molecule has 0 aliphatic carbocycles. The molecule has 6 heteroatoms. The number of hydrogen-bond acceptors (Lipinski definition) is 3. The van der Waals surface area contributed by atoms with Gasteiger partial charge in [-0.2, -0.15) is 0 Å². The van der Waals surface area contributed by atoms with E-state index in [1.54, 1.807) is 12.0 Å². The van der Waals surface area contributed by atoms with Crippen molar-refractivity contribution in [3.63, 3.8) is 0 Å². The van der Waals surface area contributed by atoms with E-state index >= 15 is 0 Å². The third-order valence-electron chi connectivity index (χ3n) is 4.60. The number of aryl methyl sites for hydroxylation is 1. The average molecular weight is 367 g/mol. The number of rotatable bonds is 6. The average Bonchev–Trinajstić information content (AvgIpc) is 3.09. The third-order valence-corrected chi connectivity index (χ3v) is 4.60. The first-order chi connectivity index (χ1) is 13.1. The number of anilines is 2. The maximum atomic E-state index is 12.7. The molecule has 3 rings (SSSR count). The number of amides is 3. The number of carbonyl (C=O) groups is 2. The van der Waals surface area contributed by atoms with Crippen LogP contribution in [-0.2, 0) is 11.2 Å². The Bertz CT molecular complexity index is 835. The molecule has 0 saturated heterocycles. The minimum atomic E-state index is -0.183. The highest BCUT2D eigenvalue weighted by molar-refractivity contribution is 6.05. The van der Waals surface area contributed by atoms with Crippen molar-refractivity contribution >= 4 is 23.3 Å². The van der Waals surface area contributed by atoms with Crippen LogP contribution in [0.4, 0.5) is 16.2 Å². The van der Waals surface area contributed by atoms with Crippen LogP contribution in [-0.4, -0.2) is 38.7 Å². The van der Waals surface area contributed by atoms with Crippen molar-refractivity contribution in [3.8, 4) is 0 Å². The fourth-order valence-corrected chi connectivity index (χ4v) is 3.29. The van der Waals surface area contributed by atoms with Crippen LogP contribution in [0.25, 0.3) is 0 Å². The molecule has 0 saturated carbocycles. The molecule has 0 unspecified atom stereocenters. The first kappa shape index (κ1) is 18.9. The molecule has 2 aromatic rings. The topological polar surface area (TPSA) is 70.7 Å². The molecule has 27 heavy (non-hydrogen) atoms. The van der Waals surface area contributed by atoms with Gasteiger partial charge in [-0.3, -0.25) is 9.69 Å². The number of nitrogens with one attached hydrogen (secondary N) is 2. The summed E-state index contributed by atoms with van der Waals surface area (Å²) in [6.07, 6.45) is 1.43. The van der Waals surface area contributed by atoms with Crippen LogP contribution in [0.2, 0.25) is 0 Å². The van der Waals surface area contributed by atoms with Crippen molar-refractivity contribution < 1.29 is 14.3 Å². The zero-order valence-electron chi connectivity index (χ0n) is 15.7. The summed E-state index contributed by atoms with van der Waals surface area (Å²) < 4.78 is 5.00. The van der Waals surface area contributed by atoms with Crippen LogP contribution in [0.5, 0.6) is 0 Å². The Balaban J connectivity index is 1.71. The van der Waals surface area contributed by atoms with Gasteiger partial charge in [0.1, 0.15) is 0 Å². The maximum Gasteiger partial charge on any atom is 0.326 e. The molecule has 0 bridgehead atoms. The number of fused-ring (bicyclic) bond motifs is 1. The SMILES string of the molecule is COCCCNC(=O)c1cccc2c1CCN2C(=O)Nc1cccc(C)c1. The molecule has 142 valence electrons. The molecule has 1 aliphatic heterocycles. The van der Waals surface area contributed by atoms with Gasteiger partial charge in [0.05, 0.1) is 0 Å². The molecule has 0 aromatic heterocycles. The summed E-state index contributed by atoms with van der Waals surface area (Å²) in [5.41, 5.74) is 4.20. The van der Waals surface area contributed by atoms with Gasteiger partial charge in [-0.15, -0.1) is 0 Å². The van der Waals surface area contributed by atoms with Crippen LogP contribution >= 0.6 is 0 Å². The number of ether oxygens (including phenoxy) is 1. The van der Waals surface area contributed by atoms with E-state index in [1.807, 2.05) is 49.4 Å². The van der Waals surface area contributed by atoms with Gasteiger partial charge in [-0.05, 0) is 55.2 Å². The normalized spacial score (nSPS) is 12.6. The molecular formula is C21H25N3O3. The predicted octanol–water partition coefficient (Wildman–Crippen LogP) is 3.36. The summed E-state index contributed by atoms with van der Waals surface area (Å²) in [6, 6.07) is 13.0. The fourth-order valence-electron chi connectivity index (χ4n) is 3.29. The molecule has 2 N–H and O–H groups in total. The first-order valence-corrected chi connectivity index (χ1v) is 9.14. The van der Waals surface area contributed by atoms with Gasteiger partial charge in [0.25, 0.3) is 5.91 Å². The summed E-state index contributed by atoms with van der Waals surface area (Å²) in [5, 5.41) is 5.85. The number of carbonyl (C=O) groups excluding carboxylic acids is 2. The van der Waals surface area contributed by atoms with E-state index in [2.05, 4.69) is 10.6 Å². The van der Waals surface area contributed by atoms with E-state index < -0.39 is 0 Å². The smallest absolute Gasteiger partial charge is 0.326 e. The molecule has 3 amide bonds. The summed E-state index contributed by atoms with van der Waals surface area (Å²) in [4.78, 5) is 26.9. The number of benzene rings is 2. The highest BCUT2D eigenvalue weighted by Crippen LogP contribution is 2.31. The second-order valence-corrected chi connectivity index (χ2v) is 6.61. The number of hydrogen-bond donors (Lipinski definition) is 2. The lowest BCUT2D eigenvalue weighted by atomic mass is 10.0. The van der Waals surface area contributed by atoms with Crippen molar-refractivity contribution in [3.05, 3.63) is 59.2 Å². The van der Waals surface area contributed by atoms with Gasteiger partial charge in [-0.1, -0.05) is 18.2 Å². The van der Waals surface area contributed by atoms with Gasteiger partial charge < -0.3 is 15.4 Å². The fraction of sp³-hybridized carbons (Fsp3) is 0.333. The highest BCUT2D eigenvalue weighted by atomic mass is 16.5. The molecule has 0 fully saturated rings. The van der Waals surface area contributed by atoms with Gasteiger partial charge in [-0.25, -0.2) is 4.79 Å². The van der Waals surface area contributed by atoms with Crippen LogP contribution in [0.1, 0.15) is 27.9 Å². The molecule has 1 aliphatic rings. The van der Waals surface area contributed by atoms with Crippen LogP contribution in [0.15, 0.2) is 42.5 Å². The summed E-state index contributed by atoms with van der Waals surface area (Å²) in [6.45, 7) is 3.72. The highest BCUT2D eigenvalue weighted by Gasteiger charge is 2.28. The Morgan fingerprint density at radius 3 is 2.78 bits per heavy atom. The standard InChI is InChI=1S/C21H25N3O3/c1-15-6-3-7-16(14-15)23-21(26)24-12-10-17-18(8-4-9-19(17)24)20(25)22-11-5-13-27-2/h3-4,6-9,14H,5,10-13H2,1-2H3,(H,22,25)(H,23,26). The van der Waals surface area contributed by atoms with E-state index in [9.17, 15) is 9.59 Å². The lowest BCUT2D eigenvalue weighted by molar-refractivity contribution is 0.0948. The van der Waals surface area contributed by atoms with E-state index in [0.29, 0.717) is 31.7 Å². The molecule has 0 radical (unpaired) electrons. The second kappa shape index (κ2) is 8.68. The van der Waals surface area contributed by atoms with Gasteiger partial charge in [0.2, 0.25) is 0 Å². The van der Waals surface area contributed by atoms with Crippen molar-refractivity contribution in [1.29, 1.82) is 0 Å². The van der Waals surface area contributed by atoms with Crippen molar-refractivity contribution in [2.75, 3.05) is 37.0 Å². The van der Waals surface area contributed by atoms with Crippen molar-refractivity contribution in [2.24, 2.45) is 0 Å². The molecule has 0 spiro atoms. The van der Waals surface area contributed by atoms with E-state index in [-0.39, 0.29) is 11.9 Å². The maximum absolute atomic E-state index is 12.7. The Morgan fingerprint density at radius 1 is 1.19 bits per heavy atom. The largest absolute Gasteiger partial charge is 0.385 e. The molecule has 6 nitrogen and oxygen atoms in total. The lowest BCUT2D eigenvalue weighted by Gasteiger charge is -2.19. The van der Waals surface area contributed by atoms with E-state index in [4.69, 9.17) is 4.74 Å². The summed E-state index contributed by atoms with van der Waals surface area (Å²) >= 11 is 0. The third kappa shape index (κ3) is 4.46. The molecular weight excluding hydrogens is 342 g/mol. The zero-order valence-corrected chi connectivity index (χ0v) is 15.7. The number of methoxy groups -OCH3 is 1. The van der Waals surface area contributed by atoms with Gasteiger partial charge in [0.15, 0.2) is 0 Å². The molecule has 2 aromatic carbocycles. The minimum Gasteiger partial charge on any atom is -0.385 e. The predicted molar refractivity (Wildman–Crippen MR) is 107 cm³/mol. The molecule has 0 atom stereocenters. The number of nitrogens with zero attached hydrogens (tertiary/aromatic N) is 1. The minimum absolute atomic E-state index is 0.108.